The minimum absolute atomic E-state index is 0.0248. The largest absolute Gasteiger partial charge is 0.494 e. The number of ether oxygens (including phenoxy) is 1. The van der Waals surface area contributed by atoms with Crippen LogP contribution in [0.15, 0.2) is 51.8 Å². The van der Waals surface area contributed by atoms with Crippen molar-refractivity contribution in [3.8, 4) is 5.75 Å². The molecule has 0 bridgehead atoms. The van der Waals surface area contributed by atoms with Gasteiger partial charge in [0.15, 0.2) is 5.75 Å². The third kappa shape index (κ3) is 3.26. The summed E-state index contributed by atoms with van der Waals surface area (Å²) in [6.07, 6.45) is 0. The first kappa shape index (κ1) is 15.2. The van der Waals surface area contributed by atoms with Crippen molar-refractivity contribution >= 4 is 43.2 Å². The van der Waals surface area contributed by atoms with Crippen LogP contribution in [0.25, 0.3) is 0 Å². The fourth-order valence-electron chi connectivity index (χ4n) is 1.65. The van der Waals surface area contributed by atoms with Gasteiger partial charge in [0.2, 0.25) is 0 Å². The minimum atomic E-state index is -3.79. The number of halogens is 2. The molecular formula is C13H11BrClNO3S. The van der Waals surface area contributed by atoms with Gasteiger partial charge in [-0.1, -0.05) is 29.8 Å². The lowest BCUT2D eigenvalue weighted by molar-refractivity contribution is 0.400. The lowest BCUT2D eigenvalue weighted by Gasteiger charge is -2.13. The van der Waals surface area contributed by atoms with Crippen molar-refractivity contribution < 1.29 is 13.2 Å². The summed E-state index contributed by atoms with van der Waals surface area (Å²) in [5.41, 5.74) is 0.464. The summed E-state index contributed by atoms with van der Waals surface area (Å²) in [5, 5.41) is 0.297. The van der Waals surface area contributed by atoms with Crippen LogP contribution < -0.4 is 9.46 Å². The molecule has 0 saturated carbocycles. The van der Waals surface area contributed by atoms with Gasteiger partial charge >= 0.3 is 0 Å². The average molecular weight is 377 g/mol. The number of nitrogens with one attached hydrogen (secondary N) is 1. The fourth-order valence-corrected chi connectivity index (χ4v) is 4.09. The monoisotopic (exact) mass is 375 g/mol. The SMILES string of the molecule is COc1c(Br)cc(Cl)cc1S(=O)(=O)Nc1ccccc1. The van der Waals surface area contributed by atoms with Crippen molar-refractivity contribution in [2.24, 2.45) is 0 Å². The third-order valence-electron chi connectivity index (χ3n) is 2.49. The second-order valence-electron chi connectivity index (χ2n) is 3.89. The molecule has 106 valence electrons. The van der Waals surface area contributed by atoms with Gasteiger partial charge in [0, 0.05) is 10.7 Å². The Morgan fingerprint density at radius 3 is 2.45 bits per heavy atom. The Labute approximate surface area is 130 Å². The first-order valence-electron chi connectivity index (χ1n) is 5.55. The van der Waals surface area contributed by atoms with Gasteiger partial charge in [-0.2, -0.15) is 0 Å². The lowest BCUT2D eigenvalue weighted by atomic mass is 10.3. The fraction of sp³-hybridized carbons (Fsp3) is 0.0769. The summed E-state index contributed by atoms with van der Waals surface area (Å²) in [6, 6.07) is 11.5. The third-order valence-corrected chi connectivity index (χ3v) is 4.69. The van der Waals surface area contributed by atoms with Gasteiger partial charge in [0.25, 0.3) is 10.0 Å². The van der Waals surface area contributed by atoms with Crippen molar-refractivity contribution in [1.82, 2.24) is 0 Å². The molecule has 0 unspecified atom stereocenters. The van der Waals surface area contributed by atoms with Crippen LogP contribution in [0.1, 0.15) is 0 Å². The molecule has 0 aliphatic carbocycles. The zero-order chi connectivity index (χ0) is 14.8. The van der Waals surface area contributed by atoms with Gasteiger partial charge in [0.1, 0.15) is 4.90 Å². The summed E-state index contributed by atoms with van der Waals surface area (Å²) >= 11 is 9.14. The van der Waals surface area contributed by atoms with Crippen molar-refractivity contribution in [3.63, 3.8) is 0 Å². The van der Waals surface area contributed by atoms with Crippen LogP contribution >= 0.6 is 27.5 Å². The predicted octanol–water partition coefficient (Wildman–Crippen LogP) is 3.91. The van der Waals surface area contributed by atoms with Gasteiger partial charge in [-0.05, 0) is 40.2 Å². The lowest BCUT2D eigenvalue weighted by Crippen LogP contribution is -2.14. The van der Waals surface area contributed by atoms with Crippen LogP contribution in [-0.2, 0) is 10.0 Å². The van der Waals surface area contributed by atoms with E-state index in [1.54, 1.807) is 36.4 Å². The molecule has 4 nitrogen and oxygen atoms in total. The van der Waals surface area contributed by atoms with Gasteiger partial charge in [-0.25, -0.2) is 8.42 Å². The summed E-state index contributed by atoms with van der Waals surface area (Å²) < 4.78 is 32.9. The summed E-state index contributed by atoms with van der Waals surface area (Å²) in [7, 11) is -2.39. The zero-order valence-electron chi connectivity index (χ0n) is 10.4. The van der Waals surface area contributed by atoms with Crippen LogP contribution in [0.5, 0.6) is 5.75 Å². The molecule has 1 N–H and O–H groups in total. The second-order valence-corrected chi connectivity index (χ2v) is 6.83. The summed E-state index contributed by atoms with van der Waals surface area (Å²) in [6.45, 7) is 0. The number of para-hydroxylation sites is 1. The van der Waals surface area contributed by atoms with E-state index >= 15 is 0 Å². The van der Waals surface area contributed by atoms with Gasteiger partial charge < -0.3 is 4.74 Å². The molecule has 2 rings (SSSR count). The molecule has 20 heavy (non-hydrogen) atoms. The maximum absolute atomic E-state index is 12.4. The predicted molar refractivity (Wildman–Crippen MR) is 83.0 cm³/mol. The highest BCUT2D eigenvalue weighted by atomic mass is 79.9. The molecule has 2 aromatic carbocycles. The molecule has 0 aliphatic rings. The van der Waals surface area contributed by atoms with E-state index in [2.05, 4.69) is 20.7 Å². The number of rotatable bonds is 4. The van der Waals surface area contributed by atoms with Crippen molar-refractivity contribution in [3.05, 3.63) is 52.0 Å². The van der Waals surface area contributed by atoms with E-state index in [0.717, 1.165) is 0 Å². The molecule has 0 spiro atoms. The van der Waals surface area contributed by atoms with E-state index in [0.29, 0.717) is 15.2 Å². The topological polar surface area (TPSA) is 55.4 Å². The van der Waals surface area contributed by atoms with Crippen LogP contribution in [0.4, 0.5) is 5.69 Å². The summed E-state index contributed by atoms with van der Waals surface area (Å²) in [5.74, 6) is 0.206. The molecule has 0 radical (unpaired) electrons. The van der Waals surface area contributed by atoms with E-state index < -0.39 is 10.0 Å². The normalized spacial score (nSPS) is 11.2. The van der Waals surface area contributed by atoms with Crippen LogP contribution in [0.3, 0.4) is 0 Å². The van der Waals surface area contributed by atoms with Crippen LogP contribution in [0.2, 0.25) is 5.02 Å². The molecule has 7 heteroatoms. The first-order valence-corrected chi connectivity index (χ1v) is 8.20. The highest BCUT2D eigenvalue weighted by molar-refractivity contribution is 9.10. The quantitative estimate of drug-likeness (QED) is 0.880. The maximum Gasteiger partial charge on any atom is 0.265 e. The number of methoxy groups -OCH3 is 1. The highest BCUT2D eigenvalue weighted by Crippen LogP contribution is 2.36. The van der Waals surface area contributed by atoms with Crippen LogP contribution in [-0.4, -0.2) is 15.5 Å². The Morgan fingerprint density at radius 1 is 1.20 bits per heavy atom. The van der Waals surface area contributed by atoms with Gasteiger partial charge in [-0.15, -0.1) is 0 Å². The van der Waals surface area contributed by atoms with E-state index in [1.807, 2.05) is 0 Å². The van der Waals surface area contributed by atoms with E-state index in [9.17, 15) is 8.42 Å². The second kappa shape index (κ2) is 6.03. The molecule has 0 amide bonds. The molecule has 0 saturated heterocycles. The Bertz CT molecular complexity index is 720. The molecule has 2 aromatic rings. The smallest absolute Gasteiger partial charge is 0.265 e. The number of sulfonamides is 1. The molecular weight excluding hydrogens is 366 g/mol. The van der Waals surface area contributed by atoms with Gasteiger partial charge in [-0.3, -0.25) is 4.72 Å². The summed E-state index contributed by atoms with van der Waals surface area (Å²) in [4.78, 5) is -0.0248. The molecule has 0 atom stereocenters. The molecule has 0 heterocycles. The standard InChI is InChI=1S/C13H11BrClNO3S/c1-19-13-11(14)7-9(15)8-12(13)20(17,18)16-10-5-3-2-4-6-10/h2-8,16H,1H3. The molecule has 0 fully saturated rings. The number of hydrogen-bond acceptors (Lipinski definition) is 3. The Morgan fingerprint density at radius 2 is 1.85 bits per heavy atom. The van der Waals surface area contributed by atoms with Crippen molar-refractivity contribution in [2.75, 3.05) is 11.8 Å². The zero-order valence-corrected chi connectivity index (χ0v) is 13.6. The molecule has 0 aliphatic heterocycles. The highest BCUT2D eigenvalue weighted by Gasteiger charge is 2.22. The maximum atomic E-state index is 12.4. The average Bonchev–Trinajstić information content (AvgIpc) is 2.38. The van der Waals surface area contributed by atoms with Crippen LogP contribution in [0, 0.1) is 0 Å². The number of hydrogen-bond donors (Lipinski definition) is 1. The Balaban J connectivity index is 2.49. The van der Waals surface area contributed by atoms with Gasteiger partial charge in [0.05, 0.1) is 11.6 Å². The molecule has 0 aromatic heterocycles. The number of benzene rings is 2. The van der Waals surface area contributed by atoms with E-state index in [4.69, 9.17) is 16.3 Å². The van der Waals surface area contributed by atoms with Crippen molar-refractivity contribution in [1.29, 1.82) is 0 Å². The Hall–Kier alpha value is -1.24. The van der Waals surface area contributed by atoms with E-state index in [1.165, 1.54) is 13.2 Å². The van der Waals surface area contributed by atoms with Crippen molar-refractivity contribution in [2.45, 2.75) is 4.90 Å². The van der Waals surface area contributed by atoms with E-state index in [-0.39, 0.29) is 10.6 Å². The minimum Gasteiger partial charge on any atom is -0.494 e. The Kier molecular flexibility index (Phi) is 4.57. The number of anilines is 1. The first-order chi connectivity index (χ1) is 9.44.